The monoisotopic (exact) mass is 446 g/mol. The van der Waals surface area contributed by atoms with Crippen LogP contribution >= 0.6 is 0 Å². The normalized spacial score (nSPS) is 15.6. The number of pyridine rings is 1. The van der Waals surface area contributed by atoms with Crippen molar-refractivity contribution in [2.45, 2.75) is 19.9 Å². The number of benzene rings is 2. The van der Waals surface area contributed by atoms with Gasteiger partial charge in [0.25, 0.3) is 11.5 Å². The Bertz CT molecular complexity index is 1330. The van der Waals surface area contributed by atoms with Crippen molar-refractivity contribution < 1.29 is 14.0 Å². The Balaban J connectivity index is 1.68. The van der Waals surface area contributed by atoms with Gasteiger partial charge in [-0.25, -0.2) is 9.18 Å². The molecular formula is C25H23FN4O3. The zero-order valence-electron chi connectivity index (χ0n) is 18.4. The van der Waals surface area contributed by atoms with Gasteiger partial charge < -0.3 is 15.5 Å². The van der Waals surface area contributed by atoms with Gasteiger partial charge >= 0.3 is 6.03 Å². The maximum absolute atomic E-state index is 13.4. The van der Waals surface area contributed by atoms with Crippen LogP contribution in [0.3, 0.4) is 0 Å². The highest BCUT2D eigenvalue weighted by Crippen LogP contribution is 2.28. The fourth-order valence-electron chi connectivity index (χ4n) is 3.64. The highest BCUT2D eigenvalue weighted by Gasteiger charge is 2.30. The van der Waals surface area contributed by atoms with Gasteiger partial charge in [-0.1, -0.05) is 24.3 Å². The van der Waals surface area contributed by atoms with Crippen molar-refractivity contribution >= 4 is 17.6 Å². The Hall–Kier alpha value is -4.20. The van der Waals surface area contributed by atoms with E-state index < -0.39 is 17.8 Å². The van der Waals surface area contributed by atoms with Crippen LogP contribution in [0.5, 0.6) is 0 Å². The fraction of sp³-hybridized carbons (Fsp3) is 0.160. The molecule has 2 heterocycles. The molecule has 33 heavy (non-hydrogen) atoms. The first-order chi connectivity index (χ1) is 15.7. The molecule has 1 atom stereocenters. The second kappa shape index (κ2) is 8.74. The van der Waals surface area contributed by atoms with Gasteiger partial charge in [0.2, 0.25) is 0 Å². The zero-order chi connectivity index (χ0) is 23.7. The number of aryl methyl sites for hydroxylation is 2. The third kappa shape index (κ3) is 4.55. The molecule has 0 spiro atoms. The summed E-state index contributed by atoms with van der Waals surface area (Å²) in [6.45, 7) is 3.74. The Kier molecular flexibility index (Phi) is 5.83. The molecule has 8 heteroatoms. The van der Waals surface area contributed by atoms with E-state index >= 15 is 0 Å². The number of nitrogens with zero attached hydrogens (tertiary/aromatic N) is 2. The Morgan fingerprint density at radius 2 is 1.76 bits per heavy atom. The maximum Gasteiger partial charge on any atom is 0.321 e. The molecular weight excluding hydrogens is 423 g/mol. The van der Waals surface area contributed by atoms with Gasteiger partial charge in [-0.15, -0.1) is 0 Å². The molecule has 0 saturated carbocycles. The van der Waals surface area contributed by atoms with Crippen LogP contribution in [0.15, 0.2) is 77.4 Å². The minimum atomic E-state index is -0.739. The van der Waals surface area contributed by atoms with Gasteiger partial charge in [0.05, 0.1) is 17.3 Å². The highest BCUT2D eigenvalue weighted by molar-refractivity contribution is 6.06. The molecule has 0 unspecified atom stereocenters. The topological polar surface area (TPSA) is 83.4 Å². The van der Waals surface area contributed by atoms with E-state index in [0.29, 0.717) is 22.5 Å². The molecule has 0 aliphatic carbocycles. The number of carbonyl (C=O) groups excluding carboxylic acids is 2. The van der Waals surface area contributed by atoms with E-state index in [0.717, 1.165) is 11.1 Å². The van der Waals surface area contributed by atoms with Crippen molar-refractivity contribution in [1.29, 1.82) is 0 Å². The number of hydrogen-bond donors (Lipinski definition) is 2. The van der Waals surface area contributed by atoms with Gasteiger partial charge in [-0.3, -0.25) is 14.2 Å². The van der Waals surface area contributed by atoms with Crippen molar-refractivity contribution in [3.63, 3.8) is 0 Å². The minimum Gasteiger partial charge on any atom is -0.327 e. The number of amides is 3. The number of urea groups is 1. The number of aromatic nitrogens is 1. The molecule has 2 aromatic carbocycles. The number of hydrogen-bond acceptors (Lipinski definition) is 3. The molecule has 168 valence electrons. The quantitative estimate of drug-likeness (QED) is 0.639. The summed E-state index contributed by atoms with van der Waals surface area (Å²) in [6.07, 6.45) is 3.20. The lowest BCUT2D eigenvalue weighted by Crippen LogP contribution is -2.44. The van der Waals surface area contributed by atoms with Crippen molar-refractivity contribution in [2.24, 2.45) is 0 Å². The molecule has 7 nitrogen and oxygen atoms in total. The lowest BCUT2D eigenvalue weighted by molar-refractivity contribution is -0.113. The molecule has 1 aromatic heterocycles. The molecule has 1 aliphatic heterocycles. The largest absolute Gasteiger partial charge is 0.327 e. The van der Waals surface area contributed by atoms with Crippen LogP contribution in [-0.2, 0) is 4.79 Å². The molecule has 3 amide bonds. The van der Waals surface area contributed by atoms with Gasteiger partial charge in [-0.2, -0.15) is 0 Å². The summed E-state index contributed by atoms with van der Waals surface area (Å²) in [7, 11) is 1.54. The smallest absolute Gasteiger partial charge is 0.321 e. The second-order valence-corrected chi connectivity index (χ2v) is 8.00. The van der Waals surface area contributed by atoms with Gasteiger partial charge in [0.15, 0.2) is 0 Å². The Labute approximate surface area is 190 Å². The standard InChI is InChI=1S/C25H23FN4O3/c1-15-4-11-22(31)30(13-15)19-10-5-16(2)21(12-19)27-24(32)20-14-29(3)25(33)28-23(20)17-6-8-18(26)9-7-17/h4-14,23H,1-3H3,(H,27,32)(H,28,33)/t23-/m0/s1. The van der Waals surface area contributed by atoms with Crippen LogP contribution in [0.25, 0.3) is 5.69 Å². The molecule has 0 saturated heterocycles. The van der Waals surface area contributed by atoms with Crippen LogP contribution in [-0.4, -0.2) is 28.5 Å². The van der Waals surface area contributed by atoms with E-state index in [1.165, 1.54) is 46.0 Å². The molecule has 0 fully saturated rings. The average molecular weight is 446 g/mol. The Morgan fingerprint density at radius 1 is 1.03 bits per heavy atom. The van der Waals surface area contributed by atoms with Crippen LogP contribution in [0, 0.1) is 19.7 Å². The summed E-state index contributed by atoms with van der Waals surface area (Å²) in [5.74, 6) is -0.833. The fourth-order valence-corrected chi connectivity index (χ4v) is 3.64. The number of anilines is 1. The van der Waals surface area contributed by atoms with E-state index in [9.17, 15) is 18.8 Å². The van der Waals surface area contributed by atoms with Crippen molar-refractivity contribution in [2.75, 3.05) is 12.4 Å². The van der Waals surface area contributed by atoms with Gasteiger partial charge in [-0.05, 0) is 54.8 Å². The SMILES string of the molecule is Cc1ccc(=O)n(-c2ccc(C)c(NC(=O)C3=CN(C)C(=O)N[C@H]3c3ccc(F)cc3)c2)c1. The van der Waals surface area contributed by atoms with Crippen molar-refractivity contribution in [3.8, 4) is 5.69 Å². The first-order valence-corrected chi connectivity index (χ1v) is 10.3. The summed E-state index contributed by atoms with van der Waals surface area (Å²) in [5, 5.41) is 5.67. The van der Waals surface area contributed by atoms with E-state index in [-0.39, 0.29) is 11.6 Å². The number of carbonyl (C=O) groups is 2. The minimum absolute atomic E-state index is 0.183. The molecule has 0 radical (unpaired) electrons. The first kappa shape index (κ1) is 22.0. The third-order valence-electron chi connectivity index (χ3n) is 5.50. The van der Waals surface area contributed by atoms with E-state index in [1.807, 2.05) is 19.9 Å². The van der Waals surface area contributed by atoms with E-state index in [1.54, 1.807) is 31.4 Å². The van der Waals surface area contributed by atoms with Crippen LogP contribution in [0.4, 0.5) is 14.9 Å². The summed E-state index contributed by atoms with van der Waals surface area (Å²) in [5.41, 5.74) is 3.57. The number of rotatable bonds is 4. The highest BCUT2D eigenvalue weighted by atomic mass is 19.1. The number of halogens is 1. The predicted molar refractivity (Wildman–Crippen MR) is 124 cm³/mol. The lowest BCUT2D eigenvalue weighted by atomic mass is 9.97. The van der Waals surface area contributed by atoms with E-state index in [4.69, 9.17) is 0 Å². The Morgan fingerprint density at radius 3 is 2.48 bits per heavy atom. The zero-order valence-corrected chi connectivity index (χ0v) is 18.4. The van der Waals surface area contributed by atoms with Crippen LogP contribution in [0.1, 0.15) is 22.7 Å². The van der Waals surface area contributed by atoms with Crippen molar-refractivity contribution in [3.05, 3.63) is 105 Å². The molecule has 3 aromatic rings. The predicted octanol–water partition coefficient (Wildman–Crippen LogP) is 3.81. The molecule has 2 N–H and O–H groups in total. The summed E-state index contributed by atoms with van der Waals surface area (Å²) < 4.78 is 14.9. The lowest BCUT2D eigenvalue weighted by Gasteiger charge is -2.30. The van der Waals surface area contributed by atoms with Crippen LogP contribution < -0.4 is 16.2 Å². The summed E-state index contributed by atoms with van der Waals surface area (Å²) in [4.78, 5) is 39.1. The van der Waals surface area contributed by atoms with E-state index in [2.05, 4.69) is 10.6 Å². The second-order valence-electron chi connectivity index (χ2n) is 8.00. The van der Waals surface area contributed by atoms with Crippen molar-refractivity contribution in [1.82, 2.24) is 14.8 Å². The van der Waals surface area contributed by atoms with Gasteiger partial charge in [0, 0.05) is 31.2 Å². The third-order valence-corrected chi connectivity index (χ3v) is 5.50. The maximum atomic E-state index is 13.4. The number of nitrogens with one attached hydrogen (secondary N) is 2. The van der Waals surface area contributed by atoms with Gasteiger partial charge in [0.1, 0.15) is 5.82 Å². The van der Waals surface area contributed by atoms with Crippen LogP contribution in [0.2, 0.25) is 0 Å². The summed E-state index contributed by atoms with van der Waals surface area (Å²) in [6, 6.07) is 13.1. The average Bonchev–Trinajstić information content (AvgIpc) is 2.79. The molecule has 4 rings (SSSR count). The summed E-state index contributed by atoms with van der Waals surface area (Å²) >= 11 is 0. The molecule has 0 bridgehead atoms. The molecule has 1 aliphatic rings. The first-order valence-electron chi connectivity index (χ1n) is 10.3.